The number of aromatic nitrogens is 2. The monoisotopic (exact) mass is 227 g/mol. The summed E-state index contributed by atoms with van der Waals surface area (Å²) in [6.45, 7) is 6.99. The van der Waals surface area contributed by atoms with E-state index in [1.807, 2.05) is 0 Å². The van der Waals surface area contributed by atoms with Crippen molar-refractivity contribution in [2.45, 2.75) is 39.4 Å². The summed E-state index contributed by atoms with van der Waals surface area (Å²) in [7, 11) is 0. The molecule has 0 unspecified atom stereocenters. The van der Waals surface area contributed by atoms with Gasteiger partial charge in [0.05, 0.1) is 0 Å². The lowest BCUT2D eigenvalue weighted by Gasteiger charge is -2.27. The van der Waals surface area contributed by atoms with E-state index in [1.165, 1.54) is 0 Å². The van der Waals surface area contributed by atoms with E-state index < -0.39 is 0 Å². The van der Waals surface area contributed by atoms with Crippen LogP contribution in [0.25, 0.3) is 0 Å². The van der Waals surface area contributed by atoms with Crippen molar-refractivity contribution in [2.75, 3.05) is 4.90 Å². The molecule has 1 aliphatic heterocycles. The van der Waals surface area contributed by atoms with Gasteiger partial charge < -0.3 is 4.90 Å². The topological polar surface area (TPSA) is 38.1 Å². The van der Waals surface area contributed by atoms with Gasteiger partial charge in [-0.15, -0.1) is 0 Å². The number of rotatable bonds is 1. The Morgan fingerprint density at radius 3 is 2.87 bits per heavy atom. The van der Waals surface area contributed by atoms with Crippen LogP contribution in [0, 0.1) is 0 Å². The van der Waals surface area contributed by atoms with Crippen LogP contribution in [0.3, 0.4) is 0 Å². The first kappa shape index (κ1) is 10.5. The van der Waals surface area contributed by atoms with Crippen LogP contribution < -0.4 is 10.6 Å². The van der Waals surface area contributed by atoms with Crippen LogP contribution in [-0.4, -0.2) is 21.6 Å². The SMILES string of the molecule is CC(C)N1c2cc(Cl)nc(=O)n2C[C@@H]1C. The first-order valence-corrected chi connectivity index (χ1v) is 5.44. The molecule has 1 atom stereocenters. The fraction of sp³-hybridized carbons (Fsp3) is 0.600. The predicted octanol–water partition coefficient (Wildman–Crippen LogP) is 1.51. The lowest BCUT2D eigenvalue weighted by atomic mass is 10.2. The minimum absolute atomic E-state index is 0.257. The van der Waals surface area contributed by atoms with Gasteiger partial charge in [0.15, 0.2) is 0 Å². The Morgan fingerprint density at radius 1 is 1.60 bits per heavy atom. The summed E-state index contributed by atoms with van der Waals surface area (Å²) in [5, 5.41) is 0.269. The number of nitrogens with zero attached hydrogens (tertiary/aromatic N) is 3. The first-order chi connectivity index (χ1) is 7.00. The van der Waals surface area contributed by atoms with E-state index in [2.05, 4.69) is 30.7 Å². The molecular weight excluding hydrogens is 214 g/mol. The molecule has 1 aliphatic rings. The van der Waals surface area contributed by atoms with Gasteiger partial charge in [0.2, 0.25) is 0 Å². The third kappa shape index (κ3) is 1.63. The van der Waals surface area contributed by atoms with Crippen LogP contribution >= 0.6 is 11.6 Å². The third-order valence-electron chi connectivity index (χ3n) is 2.70. The zero-order valence-corrected chi connectivity index (χ0v) is 9.82. The highest BCUT2D eigenvalue weighted by Gasteiger charge is 2.29. The minimum Gasteiger partial charge on any atom is -0.351 e. The first-order valence-electron chi connectivity index (χ1n) is 5.06. The van der Waals surface area contributed by atoms with Crippen molar-refractivity contribution in [3.8, 4) is 0 Å². The molecule has 0 fully saturated rings. The van der Waals surface area contributed by atoms with Crippen LogP contribution in [0.1, 0.15) is 20.8 Å². The summed E-state index contributed by atoms with van der Waals surface area (Å²) >= 11 is 5.80. The van der Waals surface area contributed by atoms with Crippen molar-refractivity contribution in [3.05, 3.63) is 21.7 Å². The van der Waals surface area contributed by atoms with Crippen LogP contribution in [0.5, 0.6) is 0 Å². The molecule has 0 aliphatic carbocycles. The molecule has 82 valence electrons. The van der Waals surface area contributed by atoms with Gasteiger partial charge in [-0.05, 0) is 20.8 Å². The van der Waals surface area contributed by atoms with Crippen molar-refractivity contribution in [1.29, 1.82) is 0 Å². The summed E-state index contributed by atoms with van der Waals surface area (Å²) in [5.41, 5.74) is -0.257. The van der Waals surface area contributed by atoms with Crippen LogP contribution in [0.4, 0.5) is 5.82 Å². The summed E-state index contributed by atoms with van der Waals surface area (Å²) in [5.74, 6) is 0.877. The smallest absolute Gasteiger partial charge is 0.350 e. The second-order valence-corrected chi connectivity index (χ2v) is 4.57. The highest BCUT2D eigenvalue weighted by molar-refractivity contribution is 6.29. The Hall–Kier alpha value is -1.03. The molecule has 0 saturated heterocycles. The second-order valence-electron chi connectivity index (χ2n) is 4.18. The molecule has 0 spiro atoms. The van der Waals surface area contributed by atoms with Gasteiger partial charge in [0.25, 0.3) is 0 Å². The molecule has 4 nitrogen and oxygen atoms in total. The molecule has 2 heterocycles. The third-order valence-corrected chi connectivity index (χ3v) is 2.89. The van der Waals surface area contributed by atoms with E-state index in [0.717, 1.165) is 5.82 Å². The van der Waals surface area contributed by atoms with Gasteiger partial charge in [0.1, 0.15) is 11.0 Å². The van der Waals surface area contributed by atoms with E-state index in [4.69, 9.17) is 11.6 Å². The van der Waals surface area contributed by atoms with Gasteiger partial charge in [-0.3, -0.25) is 4.57 Å². The fourth-order valence-corrected chi connectivity index (χ4v) is 2.37. The van der Waals surface area contributed by atoms with E-state index in [0.29, 0.717) is 18.6 Å². The molecule has 0 amide bonds. The van der Waals surface area contributed by atoms with Crippen molar-refractivity contribution in [2.24, 2.45) is 0 Å². The highest BCUT2D eigenvalue weighted by Crippen LogP contribution is 2.27. The maximum absolute atomic E-state index is 11.6. The summed E-state index contributed by atoms with van der Waals surface area (Å²) in [6, 6.07) is 2.43. The van der Waals surface area contributed by atoms with Gasteiger partial charge in [-0.25, -0.2) is 4.79 Å². The number of hydrogen-bond donors (Lipinski definition) is 0. The molecule has 1 aromatic heterocycles. The van der Waals surface area contributed by atoms with Crippen LogP contribution in [-0.2, 0) is 6.54 Å². The molecule has 15 heavy (non-hydrogen) atoms. The Kier molecular flexibility index (Phi) is 2.46. The maximum atomic E-state index is 11.6. The van der Waals surface area contributed by atoms with Gasteiger partial charge in [-0.1, -0.05) is 11.6 Å². The maximum Gasteiger partial charge on any atom is 0.350 e. The Morgan fingerprint density at radius 2 is 2.27 bits per heavy atom. The Labute approximate surface area is 93.5 Å². The largest absolute Gasteiger partial charge is 0.351 e. The van der Waals surface area contributed by atoms with Gasteiger partial charge >= 0.3 is 5.69 Å². The molecular formula is C10H14ClN3O. The molecule has 2 rings (SSSR count). The molecule has 0 aromatic carbocycles. The van der Waals surface area contributed by atoms with E-state index in [1.54, 1.807) is 10.6 Å². The molecule has 0 saturated carbocycles. The molecule has 0 N–H and O–H groups in total. The molecule has 5 heteroatoms. The predicted molar refractivity (Wildman–Crippen MR) is 60.6 cm³/mol. The number of fused-ring (bicyclic) bond motifs is 1. The number of anilines is 1. The summed E-state index contributed by atoms with van der Waals surface area (Å²) < 4.78 is 1.68. The van der Waals surface area contributed by atoms with Crippen molar-refractivity contribution >= 4 is 17.4 Å². The van der Waals surface area contributed by atoms with Crippen LogP contribution in [0.15, 0.2) is 10.9 Å². The average molecular weight is 228 g/mol. The van der Waals surface area contributed by atoms with Crippen molar-refractivity contribution in [1.82, 2.24) is 9.55 Å². The number of halogens is 1. The number of hydrogen-bond acceptors (Lipinski definition) is 3. The Bertz CT molecular complexity index is 441. The molecule has 1 aromatic rings. The van der Waals surface area contributed by atoms with Crippen LogP contribution in [0.2, 0.25) is 5.15 Å². The zero-order chi connectivity index (χ0) is 11.2. The second kappa shape index (κ2) is 3.52. The molecule has 0 bridgehead atoms. The standard InChI is InChI=1S/C10H14ClN3O/c1-6(2)14-7(3)5-13-9(14)4-8(11)12-10(13)15/h4,6-7H,5H2,1-3H3/t7-/m0/s1. The lowest BCUT2D eigenvalue weighted by Crippen LogP contribution is -2.35. The zero-order valence-electron chi connectivity index (χ0n) is 9.07. The summed E-state index contributed by atoms with van der Waals surface area (Å²) in [6.07, 6.45) is 0. The fourth-order valence-electron chi connectivity index (χ4n) is 2.20. The lowest BCUT2D eigenvalue weighted by molar-refractivity contribution is 0.574. The normalized spacial score (nSPS) is 19.8. The van der Waals surface area contributed by atoms with Gasteiger partial charge in [-0.2, -0.15) is 4.98 Å². The average Bonchev–Trinajstić information content (AvgIpc) is 2.41. The molecule has 0 radical (unpaired) electrons. The van der Waals surface area contributed by atoms with E-state index in [-0.39, 0.29) is 10.8 Å². The highest BCUT2D eigenvalue weighted by atomic mass is 35.5. The van der Waals surface area contributed by atoms with Crippen molar-refractivity contribution in [3.63, 3.8) is 0 Å². The summed E-state index contributed by atoms with van der Waals surface area (Å²) in [4.78, 5) is 17.5. The Balaban J connectivity index is 2.58. The minimum atomic E-state index is -0.257. The van der Waals surface area contributed by atoms with Crippen molar-refractivity contribution < 1.29 is 0 Å². The van der Waals surface area contributed by atoms with Gasteiger partial charge in [0, 0.05) is 24.7 Å². The van der Waals surface area contributed by atoms with E-state index in [9.17, 15) is 4.79 Å². The quantitative estimate of drug-likeness (QED) is 0.683. The van der Waals surface area contributed by atoms with E-state index >= 15 is 0 Å².